The Bertz CT molecular complexity index is 650. The van der Waals surface area contributed by atoms with Gasteiger partial charge in [0.2, 0.25) is 10.0 Å². The quantitative estimate of drug-likeness (QED) is 0.884. The highest BCUT2D eigenvalue weighted by Crippen LogP contribution is 2.19. The SMILES string of the molecule is CCN(Cc1ccco1)S(=O)(=O)c1cccc(CO)c1. The lowest BCUT2D eigenvalue weighted by atomic mass is 10.2. The van der Waals surface area contributed by atoms with Crippen LogP contribution in [0.25, 0.3) is 0 Å². The summed E-state index contributed by atoms with van der Waals surface area (Å²) in [4.78, 5) is 0.178. The van der Waals surface area contributed by atoms with Crippen molar-refractivity contribution in [2.24, 2.45) is 0 Å². The maximum Gasteiger partial charge on any atom is 0.243 e. The molecule has 0 fully saturated rings. The molecule has 0 aliphatic heterocycles. The van der Waals surface area contributed by atoms with E-state index in [2.05, 4.69) is 0 Å². The van der Waals surface area contributed by atoms with Crippen LogP contribution >= 0.6 is 0 Å². The van der Waals surface area contributed by atoms with Crippen molar-refractivity contribution in [2.75, 3.05) is 6.54 Å². The summed E-state index contributed by atoms with van der Waals surface area (Å²) in [6, 6.07) is 9.78. The van der Waals surface area contributed by atoms with Gasteiger partial charge in [-0.2, -0.15) is 4.31 Å². The first-order valence-electron chi connectivity index (χ1n) is 6.30. The standard InChI is InChI=1S/C14H17NO4S/c1-2-15(10-13-6-4-8-19-13)20(17,18)14-7-3-5-12(9-14)11-16/h3-9,16H,2,10-11H2,1H3. The number of aliphatic hydroxyl groups excluding tert-OH is 1. The Morgan fingerprint density at radius 1 is 1.25 bits per heavy atom. The van der Waals surface area contributed by atoms with Crippen molar-refractivity contribution in [3.8, 4) is 0 Å². The van der Waals surface area contributed by atoms with Crippen LogP contribution in [0, 0.1) is 0 Å². The summed E-state index contributed by atoms with van der Waals surface area (Å²) in [5, 5.41) is 9.11. The van der Waals surface area contributed by atoms with Gasteiger partial charge >= 0.3 is 0 Å². The van der Waals surface area contributed by atoms with Crippen LogP contribution in [0.5, 0.6) is 0 Å². The fraction of sp³-hybridized carbons (Fsp3) is 0.286. The van der Waals surface area contributed by atoms with E-state index >= 15 is 0 Å². The lowest BCUT2D eigenvalue weighted by molar-refractivity contribution is 0.281. The third-order valence-electron chi connectivity index (χ3n) is 2.98. The topological polar surface area (TPSA) is 70.8 Å². The lowest BCUT2D eigenvalue weighted by Crippen LogP contribution is -2.30. The molecule has 0 amide bonds. The van der Waals surface area contributed by atoms with Crippen LogP contribution in [-0.4, -0.2) is 24.4 Å². The van der Waals surface area contributed by atoms with Crippen LogP contribution in [0.3, 0.4) is 0 Å². The predicted molar refractivity (Wildman–Crippen MR) is 74.3 cm³/mol. The van der Waals surface area contributed by atoms with Crippen LogP contribution in [0.15, 0.2) is 52.0 Å². The number of sulfonamides is 1. The van der Waals surface area contributed by atoms with E-state index < -0.39 is 10.0 Å². The lowest BCUT2D eigenvalue weighted by Gasteiger charge is -2.19. The van der Waals surface area contributed by atoms with Crippen LogP contribution in [0.1, 0.15) is 18.2 Å². The molecule has 1 heterocycles. The molecule has 0 unspecified atom stereocenters. The van der Waals surface area contributed by atoms with Gasteiger partial charge in [-0.3, -0.25) is 0 Å². The maximum atomic E-state index is 12.6. The van der Waals surface area contributed by atoms with E-state index in [1.165, 1.54) is 22.7 Å². The normalized spacial score (nSPS) is 11.9. The smallest absolute Gasteiger partial charge is 0.243 e. The first kappa shape index (κ1) is 14.8. The van der Waals surface area contributed by atoms with Gasteiger partial charge in [-0.15, -0.1) is 0 Å². The molecule has 0 saturated heterocycles. The number of hydrogen-bond acceptors (Lipinski definition) is 4. The Morgan fingerprint density at radius 3 is 2.65 bits per heavy atom. The van der Waals surface area contributed by atoms with Crippen molar-refractivity contribution in [2.45, 2.75) is 25.0 Å². The maximum absolute atomic E-state index is 12.6. The van der Waals surface area contributed by atoms with Crippen molar-refractivity contribution in [3.05, 3.63) is 54.0 Å². The van der Waals surface area contributed by atoms with Crippen LogP contribution in [0.2, 0.25) is 0 Å². The molecule has 20 heavy (non-hydrogen) atoms. The van der Waals surface area contributed by atoms with E-state index in [1.54, 1.807) is 31.2 Å². The first-order chi connectivity index (χ1) is 9.57. The zero-order valence-electron chi connectivity index (χ0n) is 11.2. The molecule has 0 saturated carbocycles. The van der Waals surface area contributed by atoms with Crippen molar-refractivity contribution < 1.29 is 17.9 Å². The highest BCUT2D eigenvalue weighted by atomic mass is 32.2. The molecule has 6 heteroatoms. The summed E-state index contributed by atoms with van der Waals surface area (Å²) in [5.41, 5.74) is 0.570. The summed E-state index contributed by atoms with van der Waals surface area (Å²) >= 11 is 0. The highest BCUT2D eigenvalue weighted by molar-refractivity contribution is 7.89. The van der Waals surface area contributed by atoms with Crippen molar-refractivity contribution in [1.29, 1.82) is 0 Å². The highest BCUT2D eigenvalue weighted by Gasteiger charge is 2.24. The van der Waals surface area contributed by atoms with E-state index in [4.69, 9.17) is 9.52 Å². The Balaban J connectivity index is 2.31. The molecule has 1 aromatic carbocycles. The number of aliphatic hydroxyl groups is 1. The fourth-order valence-electron chi connectivity index (χ4n) is 1.90. The van der Waals surface area contributed by atoms with E-state index in [0.29, 0.717) is 17.9 Å². The Kier molecular flexibility index (Phi) is 4.59. The van der Waals surface area contributed by atoms with Gasteiger partial charge in [-0.1, -0.05) is 19.1 Å². The van der Waals surface area contributed by atoms with Crippen LogP contribution in [0.4, 0.5) is 0 Å². The average Bonchev–Trinajstić information content (AvgIpc) is 2.97. The summed E-state index contributed by atoms with van der Waals surface area (Å²) in [5.74, 6) is 0.591. The minimum Gasteiger partial charge on any atom is -0.468 e. The zero-order chi connectivity index (χ0) is 14.6. The molecule has 1 N–H and O–H groups in total. The van der Waals surface area contributed by atoms with Gasteiger partial charge < -0.3 is 9.52 Å². The van der Waals surface area contributed by atoms with Crippen molar-refractivity contribution >= 4 is 10.0 Å². The van der Waals surface area contributed by atoms with Gasteiger partial charge in [-0.25, -0.2) is 8.42 Å². The molecular formula is C14H17NO4S. The zero-order valence-corrected chi connectivity index (χ0v) is 12.0. The molecule has 0 atom stereocenters. The third kappa shape index (κ3) is 3.09. The van der Waals surface area contributed by atoms with Gasteiger partial charge in [0.25, 0.3) is 0 Å². The average molecular weight is 295 g/mol. The third-order valence-corrected chi connectivity index (χ3v) is 4.90. The number of rotatable bonds is 6. The predicted octanol–water partition coefficient (Wildman–Crippen LogP) is 1.98. The summed E-state index contributed by atoms with van der Waals surface area (Å²) < 4.78 is 31.7. The van der Waals surface area contributed by atoms with E-state index in [9.17, 15) is 8.42 Å². The largest absolute Gasteiger partial charge is 0.468 e. The van der Waals surface area contributed by atoms with Crippen molar-refractivity contribution in [3.63, 3.8) is 0 Å². The molecule has 0 bridgehead atoms. The van der Waals surface area contributed by atoms with Gasteiger partial charge in [0.15, 0.2) is 0 Å². The van der Waals surface area contributed by atoms with Crippen molar-refractivity contribution in [1.82, 2.24) is 4.31 Å². The number of nitrogens with zero attached hydrogens (tertiary/aromatic N) is 1. The molecule has 0 aliphatic carbocycles. The van der Waals surface area contributed by atoms with Gasteiger partial charge in [0.05, 0.1) is 24.3 Å². The van der Waals surface area contributed by atoms with Crippen LogP contribution in [-0.2, 0) is 23.2 Å². The second kappa shape index (κ2) is 6.21. The van der Waals surface area contributed by atoms with E-state index in [-0.39, 0.29) is 18.0 Å². The van der Waals surface area contributed by atoms with Gasteiger partial charge in [0.1, 0.15) is 5.76 Å². The summed E-state index contributed by atoms with van der Waals surface area (Å²) in [6.45, 7) is 2.12. The number of hydrogen-bond donors (Lipinski definition) is 1. The monoisotopic (exact) mass is 295 g/mol. The summed E-state index contributed by atoms with van der Waals surface area (Å²) in [7, 11) is -3.60. The molecular weight excluding hydrogens is 278 g/mol. The number of benzene rings is 1. The minimum absolute atomic E-state index is 0.178. The van der Waals surface area contributed by atoms with Gasteiger partial charge in [-0.05, 0) is 29.8 Å². The summed E-state index contributed by atoms with van der Waals surface area (Å²) in [6.07, 6.45) is 1.52. The van der Waals surface area contributed by atoms with Gasteiger partial charge in [0, 0.05) is 6.54 Å². The number of furan rings is 1. The Labute approximate surface area is 118 Å². The Hall–Kier alpha value is -1.63. The van der Waals surface area contributed by atoms with Crippen LogP contribution < -0.4 is 0 Å². The first-order valence-corrected chi connectivity index (χ1v) is 7.74. The second-order valence-corrected chi connectivity index (χ2v) is 6.25. The molecule has 0 aliphatic rings. The second-order valence-electron chi connectivity index (χ2n) is 4.32. The minimum atomic E-state index is -3.60. The molecule has 108 valence electrons. The van der Waals surface area contributed by atoms with E-state index in [1.807, 2.05) is 0 Å². The molecule has 0 radical (unpaired) electrons. The van der Waals surface area contributed by atoms with E-state index in [0.717, 1.165) is 0 Å². The molecule has 5 nitrogen and oxygen atoms in total. The Morgan fingerprint density at radius 2 is 2.05 bits per heavy atom. The molecule has 2 aromatic rings. The molecule has 2 rings (SSSR count). The fourth-order valence-corrected chi connectivity index (χ4v) is 3.38. The molecule has 1 aromatic heterocycles. The molecule has 0 spiro atoms.